The zero-order valence-corrected chi connectivity index (χ0v) is 11.9. The number of aliphatic hydroxyl groups is 1. The highest BCUT2D eigenvalue weighted by Gasteiger charge is 2.31. The van der Waals surface area contributed by atoms with Crippen LogP contribution in [-0.4, -0.2) is 24.3 Å². The monoisotopic (exact) mass is 259 g/mol. The van der Waals surface area contributed by atoms with Crippen LogP contribution in [0, 0.1) is 11.8 Å². The van der Waals surface area contributed by atoms with Crippen molar-refractivity contribution in [1.82, 2.24) is 0 Å². The van der Waals surface area contributed by atoms with Gasteiger partial charge in [0.1, 0.15) is 0 Å². The highest BCUT2D eigenvalue weighted by Crippen LogP contribution is 2.35. The summed E-state index contributed by atoms with van der Waals surface area (Å²) in [4.78, 5) is 2.49. The number of aliphatic hydroxyl groups excluding tert-OH is 1. The van der Waals surface area contributed by atoms with Crippen molar-refractivity contribution in [2.45, 2.75) is 45.1 Å². The molecule has 0 aromatic heterocycles. The first-order valence-corrected chi connectivity index (χ1v) is 7.79. The summed E-state index contributed by atoms with van der Waals surface area (Å²) in [6.07, 6.45) is 5.76. The molecule has 0 spiro atoms. The summed E-state index contributed by atoms with van der Waals surface area (Å²) in [7, 11) is 0. The van der Waals surface area contributed by atoms with Crippen molar-refractivity contribution in [3.05, 3.63) is 29.8 Å². The Balaban J connectivity index is 1.68. The fourth-order valence-corrected chi connectivity index (χ4v) is 3.79. The molecule has 2 heteroatoms. The second-order valence-corrected chi connectivity index (χ2v) is 6.24. The molecule has 1 aromatic rings. The van der Waals surface area contributed by atoms with Crippen molar-refractivity contribution in [3.8, 4) is 0 Å². The van der Waals surface area contributed by atoms with E-state index in [9.17, 15) is 5.11 Å². The van der Waals surface area contributed by atoms with Gasteiger partial charge in [0.2, 0.25) is 0 Å². The molecule has 3 rings (SSSR count). The average molecular weight is 259 g/mol. The molecule has 1 N–H and O–H groups in total. The van der Waals surface area contributed by atoms with E-state index < -0.39 is 0 Å². The summed E-state index contributed by atoms with van der Waals surface area (Å²) < 4.78 is 0. The standard InChI is InChI=1S/C17H25NO/c1-2-13-7-8-17(19)15(11-13)12-18-10-9-14-5-3-4-6-16(14)18/h3-6,13,15,17,19H,2,7-12H2,1H3. The SMILES string of the molecule is CCC1CCC(O)C(CN2CCc3ccccc32)C1. The highest BCUT2D eigenvalue weighted by atomic mass is 16.3. The van der Waals surface area contributed by atoms with Crippen LogP contribution >= 0.6 is 0 Å². The van der Waals surface area contributed by atoms with E-state index in [1.54, 1.807) is 0 Å². The van der Waals surface area contributed by atoms with Gasteiger partial charge in [0.15, 0.2) is 0 Å². The third-order valence-electron chi connectivity index (χ3n) is 5.07. The van der Waals surface area contributed by atoms with Crippen LogP contribution in [0.5, 0.6) is 0 Å². The molecule has 1 fully saturated rings. The molecule has 1 aromatic carbocycles. The zero-order chi connectivity index (χ0) is 13.2. The second-order valence-electron chi connectivity index (χ2n) is 6.24. The van der Waals surface area contributed by atoms with Crippen LogP contribution < -0.4 is 4.90 Å². The van der Waals surface area contributed by atoms with Crippen LogP contribution in [-0.2, 0) is 6.42 Å². The van der Waals surface area contributed by atoms with E-state index in [1.807, 2.05) is 0 Å². The number of para-hydroxylation sites is 1. The molecule has 1 aliphatic carbocycles. The van der Waals surface area contributed by atoms with Crippen molar-refractivity contribution in [1.29, 1.82) is 0 Å². The van der Waals surface area contributed by atoms with Gasteiger partial charge in [0, 0.05) is 24.7 Å². The quantitative estimate of drug-likeness (QED) is 0.901. The van der Waals surface area contributed by atoms with Gasteiger partial charge in [-0.1, -0.05) is 31.5 Å². The average Bonchev–Trinajstić information content (AvgIpc) is 2.85. The Labute approximate surface area is 116 Å². The summed E-state index contributed by atoms with van der Waals surface area (Å²) in [5.41, 5.74) is 2.87. The van der Waals surface area contributed by atoms with Crippen LogP contribution in [0.2, 0.25) is 0 Å². The maximum Gasteiger partial charge on any atom is 0.0585 e. The number of rotatable bonds is 3. The lowest BCUT2D eigenvalue weighted by molar-refractivity contribution is 0.0508. The number of hydrogen-bond donors (Lipinski definition) is 1. The van der Waals surface area contributed by atoms with E-state index >= 15 is 0 Å². The van der Waals surface area contributed by atoms with Gasteiger partial charge in [-0.2, -0.15) is 0 Å². The molecule has 0 amide bonds. The number of anilines is 1. The lowest BCUT2D eigenvalue weighted by atomic mass is 9.78. The van der Waals surface area contributed by atoms with E-state index in [-0.39, 0.29) is 6.10 Å². The van der Waals surface area contributed by atoms with Gasteiger partial charge in [-0.25, -0.2) is 0 Å². The number of benzene rings is 1. The van der Waals surface area contributed by atoms with Gasteiger partial charge >= 0.3 is 0 Å². The van der Waals surface area contributed by atoms with E-state index in [0.29, 0.717) is 5.92 Å². The van der Waals surface area contributed by atoms with Crippen molar-refractivity contribution in [2.75, 3.05) is 18.0 Å². The third-order valence-corrected chi connectivity index (χ3v) is 5.07. The smallest absolute Gasteiger partial charge is 0.0585 e. The van der Waals surface area contributed by atoms with Gasteiger partial charge in [-0.3, -0.25) is 0 Å². The van der Waals surface area contributed by atoms with E-state index in [0.717, 1.165) is 31.8 Å². The number of hydrogen-bond acceptors (Lipinski definition) is 2. The van der Waals surface area contributed by atoms with Gasteiger partial charge in [-0.05, 0) is 43.2 Å². The Morgan fingerprint density at radius 1 is 1.26 bits per heavy atom. The van der Waals surface area contributed by atoms with Crippen molar-refractivity contribution >= 4 is 5.69 Å². The minimum absolute atomic E-state index is 0.0874. The fourth-order valence-electron chi connectivity index (χ4n) is 3.79. The lowest BCUT2D eigenvalue weighted by Gasteiger charge is -2.36. The fraction of sp³-hybridized carbons (Fsp3) is 0.647. The Hall–Kier alpha value is -1.02. The molecule has 2 aliphatic rings. The van der Waals surface area contributed by atoms with Gasteiger partial charge in [0.05, 0.1) is 6.10 Å². The summed E-state index contributed by atoms with van der Waals surface area (Å²) in [5.74, 6) is 1.29. The van der Waals surface area contributed by atoms with Gasteiger partial charge < -0.3 is 10.0 Å². The molecule has 1 saturated carbocycles. The molecule has 19 heavy (non-hydrogen) atoms. The molecule has 2 nitrogen and oxygen atoms in total. The molecule has 0 saturated heterocycles. The third kappa shape index (κ3) is 2.64. The summed E-state index contributed by atoms with van der Waals surface area (Å²) in [6, 6.07) is 8.73. The summed E-state index contributed by atoms with van der Waals surface area (Å²) in [6.45, 7) is 4.44. The molecule has 3 unspecified atom stereocenters. The number of fused-ring (bicyclic) bond motifs is 1. The van der Waals surface area contributed by atoms with E-state index in [1.165, 1.54) is 30.5 Å². The van der Waals surface area contributed by atoms with Gasteiger partial charge in [0.25, 0.3) is 0 Å². The molecular formula is C17H25NO. The molecular weight excluding hydrogens is 234 g/mol. The summed E-state index contributed by atoms with van der Waals surface area (Å²) >= 11 is 0. The summed E-state index contributed by atoms with van der Waals surface area (Å²) in [5, 5.41) is 10.3. The Morgan fingerprint density at radius 3 is 2.95 bits per heavy atom. The zero-order valence-electron chi connectivity index (χ0n) is 11.9. The molecule has 1 heterocycles. The molecule has 0 bridgehead atoms. The van der Waals surface area contributed by atoms with Gasteiger partial charge in [-0.15, -0.1) is 0 Å². The van der Waals surface area contributed by atoms with Crippen LogP contribution in [0.15, 0.2) is 24.3 Å². The molecule has 104 valence electrons. The Morgan fingerprint density at radius 2 is 2.11 bits per heavy atom. The van der Waals surface area contributed by atoms with E-state index in [4.69, 9.17) is 0 Å². The molecule has 0 radical (unpaired) electrons. The van der Waals surface area contributed by atoms with Crippen LogP contribution in [0.3, 0.4) is 0 Å². The first kappa shape index (κ1) is 13.0. The van der Waals surface area contributed by atoms with Crippen LogP contribution in [0.1, 0.15) is 38.2 Å². The second kappa shape index (κ2) is 5.54. The number of nitrogens with zero attached hydrogens (tertiary/aromatic N) is 1. The normalized spacial score (nSPS) is 30.4. The maximum atomic E-state index is 10.3. The van der Waals surface area contributed by atoms with Crippen molar-refractivity contribution in [2.24, 2.45) is 11.8 Å². The highest BCUT2D eigenvalue weighted by molar-refractivity contribution is 5.57. The minimum Gasteiger partial charge on any atom is -0.393 e. The molecule has 1 aliphatic heterocycles. The van der Waals surface area contributed by atoms with E-state index in [2.05, 4.69) is 36.1 Å². The van der Waals surface area contributed by atoms with Crippen LogP contribution in [0.25, 0.3) is 0 Å². The Bertz CT molecular complexity index is 431. The lowest BCUT2D eigenvalue weighted by Crippen LogP contribution is -2.38. The Kier molecular flexibility index (Phi) is 3.79. The van der Waals surface area contributed by atoms with Crippen LogP contribution in [0.4, 0.5) is 5.69 Å². The predicted octanol–water partition coefficient (Wildman–Crippen LogP) is 3.24. The van der Waals surface area contributed by atoms with Crippen molar-refractivity contribution < 1.29 is 5.11 Å². The maximum absolute atomic E-state index is 10.3. The predicted molar refractivity (Wildman–Crippen MR) is 79.5 cm³/mol. The first-order valence-electron chi connectivity index (χ1n) is 7.79. The molecule has 3 atom stereocenters. The topological polar surface area (TPSA) is 23.5 Å². The first-order chi connectivity index (χ1) is 9.28. The largest absolute Gasteiger partial charge is 0.393 e. The minimum atomic E-state index is -0.0874. The van der Waals surface area contributed by atoms with Crippen molar-refractivity contribution in [3.63, 3.8) is 0 Å².